The Bertz CT molecular complexity index is 504. The van der Waals surface area contributed by atoms with E-state index in [1.165, 1.54) is 0 Å². The van der Waals surface area contributed by atoms with Gasteiger partial charge in [-0.3, -0.25) is 4.79 Å². The summed E-state index contributed by atoms with van der Waals surface area (Å²) >= 11 is 0. The first-order valence-corrected chi connectivity index (χ1v) is 8.93. The second-order valence-corrected chi connectivity index (χ2v) is 8.10. The van der Waals surface area contributed by atoms with Crippen molar-refractivity contribution in [3.05, 3.63) is 0 Å². The SMILES string of the molecule is CC(C)N1CCC(NS(=O)(=O)CC(F)(F)CC2CC2)C1=O. The Kier molecular flexibility index (Phi) is 4.58. The first-order chi connectivity index (χ1) is 9.60. The minimum Gasteiger partial charge on any atom is -0.339 e. The normalized spacial score (nSPS) is 24.1. The van der Waals surface area contributed by atoms with E-state index in [0.717, 1.165) is 12.8 Å². The number of sulfonamides is 1. The lowest BCUT2D eigenvalue weighted by Crippen LogP contribution is -2.46. The topological polar surface area (TPSA) is 66.5 Å². The van der Waals surface area contributed by atoms with Crippen LogP contribution in [0.15, 0.2) is 0 Å². The summed E-state index contributed by atoms with van der Waals surface area (Å²) in [7, 11) is -4.17. The van der Waals surface area contributed by atoms with Crippen LogP contribution in [0.25, 0.3) is 0 Å². The van der Waals surface area contributed by atoms with Gasteiger partial charge in [-0.15, -0.1) is 0 Å². The molecule has 1 amide bonds. The number of carbonyl (C=O) groups excluding carboxylic acids is 1. The molecule has 1 aliphatic heterocycles. The molecule has 0 aromatic heterocycles. The van der Waals surface area contributed by atoms with Gasteiger partial charge in [0.1, 0.15) is 11.8 Å². The van der Waals surface area contributed by atoms with E-state index < -0.39 is 27.7 Å². The fourth-order valence-corrected chi connectivity index (χ4v) is 4.07. The minimum atomic E-state index is -4.17. The van der Waals surface area contributed by atoms with Crippen molar-refractivity contribution in [3.8, 4) is 0 Å². The summed E-state index contributed by atoms with van der Waals surface area (Å²) in [5.41, 5.74) is 0. The van der Waals surface area contributed by atoms with E-state index >= 15 is 0 Å². The van der Waals surface area contributed by atoms with Gasteiger partial charge in [0.05, 0.1) is 0 Å². The molecular weight excluding hydrogens is 302 g/mol. The van der Waals surface area contributed by atoms with Crippen molar-refractivity contribution in [2.45, 2.75) is 57.5 Å². The van der Waals surface area contributed by atoms with Crippen molar-refractivity contribution in [1.29, 1.82) is 0 Å². The zero-order valence-corrected chi connectivity index (χ0v) is 13.1. The smallest absolute Gasteiger partial charge is 0.263 e. The fourth-order valence-electron chi connectivity index (χ4n) is 2.66. The average molecular weight is 324 g/mol. The van der Waals surface area contributed by atoms with Crippen LogP contribution in [-0.2, 0) is 14.8 Å². The molecule has 21 heavy (non-hydrogen) atoms. The van der Waals surface area contributed by atoms with Crippen LogP contribution in [-0.4, -0.2) is 49.5 Å². The molecular formula is C13H22F2N2O3S. The van der Waals surface area contributed by atoms with E-state index in [2.05, 4.69) is 4.72 Å². The lowest BCUT2D eigenvalue weighted by Gasteiger charge is -2.22. The van der Waals surface area contributed by atoms with Crippen LogP contribution in [0, 0.1) is 5.92 Å². The van der Waals surface area contributed by atoms with Gasteiger partial charge in [0.25, 0.3) is 5.92 Å². The van der Waals surface area contributed by atoms with Crippen molar-refractivity contribution in [3.63, 3.8) is 0 Å². The molecule has 2 fully saturated rings. The highest BCUT2D eigenvalue weighted by Crippen LogP contribution is 2.39. The third kappa shape index (κ3) is 4.60. The van der Waals surface area contributed by atoms with E-state index in [9.17, 15) is 22.0 Å². The largest absolute Gasteiger partial charge is 0.339 e. The molecule has 1 atom stereocenters. The number of hydrogen-bond donors (Lipinski definition) is 1. The summed E-state index contributed by atoms with van der Waals surface area (Å²) in [6.07, 6.45) is 1.43. The van der Waals surface area contributed by atoms with Gasteiger partial charge in [-0.05, 0) is 39.0 Å². The van der Waals surface area contributed by atoms with Gasteiger partial charge in [0.15, 0.2) is 0 Å². The van der Waals surface area contributed by atoms with Gasteiger partial charge in [-0.1, -0.05) is 0 Å². The van der Waals surface area contributed by atoms with Crippen LogP contribution in [0.5, 0.6) is 0 Å². The molecule has 0 spiro atoms. The summed E-state index contributed by atoms with van der Waals surface area (Å²) in [6.45, 7) is 4.11. The maximum Gasteiger partial charge on any atom is 0.263 e. The van der Waals surface area contributed by atoms with Crippen molar-refractivity contribution < 1.29 is 22.0 Å². The van der Waals surface area contributed by atoms with Crippen LogP contribution in [0.4, 0.5) is 8.78 Å². The Labute approximate surface area is 124 Å². The van der Waals surface area contributed by atoms with Crippen LogP contribution in [0.1, 0.15) is 39.5 Å². The van der Waals surface area contributed by atoms with E-state index in [0.29, 0.717) is 13.0 Å². The van der Waals surface area contributed by atoms with Gasteiger partial charge in [-0.2, -0.15) is 0 Å². The highest BCUT2D eigenvalue weighted by molar-refractivity contribution is 7.89. The number of amides is 1. The number of carbonyl (C=O) groups is 1. The molecule has 0 bridgehead atoms. The quantitative estimate of drug-likeness (QED) is 0.769. The zero-order valence-electron chi connectivity index (χ0n) is 12.3. The van der Waals surface area contributed by atoms with Crippen LogP contribution < -0.4 is 4.72 Å². The second-order valence-electron chi connectivity index (χ2n) is 6.35. The molecule has 1 heterocycles. The number of hydrogen-bond acceptors (Lipinski definition) is 3. The molecule has 1 aliphatic carbocycles. The van der Waals surface area contributed by atoms with Crippen molar-refractivity contribution in [2.24, 2.45) is 5.92 Å². The van der Waals surface area contributed by atoms with Crippen LogP contribution in [0.3, 0.4) is 0 Å². The summed E-state index contributed by atoms with van der Waals surface area (Å²) < 4.78 is 53.2. The molecule has 2 rings (SSSR count). The molecule has 0 radical (unpaired) electrons. The Morgan fingerprint density at radius 2 is 1.95 bits per heavy atom. The molecule has 1 N–H and O–H groups in total. The van der Waals surface area contributed by atoms with E-state index in [1.807, 2.05) is 13.8 Å². The van der Waals surface area contributed by atoms with Crippen molar-refractivity contribution in [2.75, 3.05) is 12.3 Å². The lowest BCUT2D eigenvalue weighted by atomic mass is 10.2. The highest BCUT2D eigenvalue weighted by Gasteiger charge is 2.43. The first kappa shape index (κ1) is 16.6. The number of halogens is 2. The van der Waals surface area contributed by atoms with Gasteiger partial charge >= 0.3 is 0 Å². The Morgan fingerprint density at radius 3 is 2.43 bits per heavy atom. The predicted molar refractivity (Wildman–Crippen MR) is 74.5 cm³/mol. The number of nitrogens with one attached hydrogen (secondary N) is 1. The van der Waals surface area contributed by atoms with Crippen LogP contribution >= 0.6 is 0 Å². The van der Waals surface area contributed by atoms with Crippen LogP contribution in [0.2, 0.25) is 0 Å². The first-order valence-electron chi connectivity index (χ1n) is 7.28. The molecule has 0 aromatic carbocycles. The lowest BCUT2D eigenvalue weighted by molar-refractivity contribution is -0.130. The molecule has 1 saturated heterocycles. The molecule has 2 aliphatic rings. The minimum absolute atomic E-state index is 0.0247. The third-order valence-corrected chi connectivity index (χ3v) is 5.32. The average Bonchev–Trinajstić information content (AvgIpc) is 3.01. The number of likely N-dealkylation sites (tertiary alicyclic amines) is 1. The van der Waals surface area contributed by atoms with Gasteiger partial charge in [0, 0.05) is 19.0 Å². The summed E-state index contributed by atoms with van der Waals surface area (Å²) in [4.78, 5) is 13.5. The molecule has 122 valence electrons. The molecule has 1 saturated carbocycles. The predicted octanol–water partition coefficient (Wildman–Crippen LogP) is 1.35. The standard InChI is InChI=1S/C13H22F2N2O3S/c1-9(2)17-6-5-11(12(17)18)16-21(19,20)8-13(14,15)7-10-3-4-10/h9-11,16H,3-8H2,1-2H3. The summed E-state index contributed by atoms with van der Waals surface area (Å²) in [6, 6.07) is -0.933. The monoisotopic (exact) mass is 324 g/mol. The molecule has 5 nitrogen and oxygen atoms in total. The van der Waals surface area contributed by atoms with E-state index in [4.69, 9.17) is 0 Å². The highest BCUT2D eigenvalue weighted by atomic mass is 32.2. The summed E-state index contributed by atoms with van der Waals surface area (Å²) in [5, 5.41) is 0. The second kappa shape index (κ2) is 5.79. The Balaban J connectivity index is 1.93. The number of alkyl halides is 2. The molecule has 8 heteroatoms. The number of rotatable bonds is 7. The van der Waals surface area contributed by atoms with Gasteiger partial charge in [-0.25, -0.2) is 21.9 Å². The van der Waals surface area contributed by atoms with Gasteiger partial charge in [0.2, 0.25) is 15.9 Å². The van der Waals surface area contributed by atoms with Crippen molar-refractivity contribution >= 4 is 15.9 Å². The molecule has 0 aromatic rings. The maximum atomic E-state index is 13.7. The third-order valence-electron chi connectivity index (χ3n) is 3.87. The fraction of sp³-hybridized carbons (Fsp3) is 0.923. The Hall–Kier alpha value is -0.760. The summed E-state index contributed by atoms with van der Waals surface area (Å²) in [5.74, 6) is -4.85. The molecule has 1 unspecified atom stereocenters. The zero-order chi connectivity index (χ0) is 15.8. The Morgan fingerprint density at radius 1 is 1.33 bits per heavy atom. The number of nitrogens with zero attached hydrogens (tertiary/aromatic N) is 1. The van der Waals surface area contributed by atoms with E-state index in [1.54, 1.807) is 4.90 Å². The van der Waals surface area contributed by atoms with E-state index in [-0.39, 0.29) is 24.3 Å². The van der Waals surface area contributed by atoms with Crippen molar-refractivity contribution in [1.82, 2.24) is 9.62 Å². The van der Waals surface area contributed by atoms with Gasteiger partial charge < -0.3 is 4.90 Å². The maximum absolute atomic E-state index is 13.7.